The van der Waals surface area contributed by atoms with Crippen LogP contribution in [0.3, 0.4) is 0 Å². The van der Waals surface area contributed by atoms with E-state index in [-0.39, 0.29) is 41.1 Å². The Labute approximate surface area is 251 Å². The van der Waals surface area contributed by atoms with E-state index in [0.29, 0.717) is 0 Å². The average Bonchev–Trinajstić information content (AvgIpc) is 3.53. The Morgan fingerprint density at radius 1 is 1.35 bits per heavy atom. The molecular weight excluding hydrogens is 609 g/mol. The van der Waals surface area contributed by atoms with Gasteiger partial charge in [0.2, 0.25) is 23.6 Å². The molecular formula is C24H36N7O10PS. The van der Waals surface area contributed by atoms with Gasteiger partial charge in [-0.05, 0) is 27.7 Å². The predicted molar refractivity (Wildman–Crippen MR) is 153 cm³/mol. The van der Waals surface area contributed by atoms with Crippen molar-refractivity contribution < 1.29 is 47.9 Å². The van der Waals surface area contributed by atoms with Crippen LogP contribution in [0.1, 0.15) is 40.3 Å². The molecule has 5 N–H and O–H groups in total. The molecule has 7 atom stereocenters. The van der Waals surface area contributed by atoms with Crippen molar-refractivity contribution in [2.45, 2.75) is 70.3 Å². The number of anilines is 1. The summed E-state index contributed by atoms with van der Waals surface area (Å²) in [7, 11) is 2.75. The molecule has 2 fully saturated rings. The lowest BCUT2D eigenvalue weighted by molar-refractivity contribution is -0.149. The Kier molecular flexibility index (Phi) is 9.71. The fraction of sp³-hybridized carbons (Fsp3) is 0.667. The molecule has 17 nitrogen and oxygen atoms in total. The molecule has 4 heterocycles. The number of esters is 1. The van der Waals surface area contributed by atoms with Crippen molar-refractivity contribution >= 4 is 53.0 Å². The Bertz CT molecular complexity index is 1440. The summed E-state index contributed by atoms with van der Waals surface area (Å²) in [5.74, 6) is -2.27. The van der Waals surface area contributed by atoms with Crippen LogP contribution >= 0.6 is 18.1 Å². The first kappa shape index (κ1) is 33.0. The van der Waals surface area contributed by atoms with E-state index in [2.05, 4.69) is 20.0 Å². The Morgan fingerprint density at radius 2 is 2.05 bits per heavy atom. The summed E-state index contributed by atoms with van der Waals surface area (Å²) < 4.78 is 37.5. The molecule has 2 saturated heterocycles. The van der Waals surface area contributed by atoms with Gasteiger partial charge in [0.25, 0.3) is 0 Å². The second-order valence-electron chi connectivity index (χ2n) is 10.7. The third-order valence-corrected chi connectivity index (χ3v) is 11.2. The summed E-state index contributed by atoms with van der Waals surface area (Å²) in [5, 5.41) is 24.9. The zero-order valence-electron chi connectivity index (χ0n) is 24.5. The number of amides is 2. The Hall–Kier alpha value is -2.86. The number of nitrogens with two attached hydrogens (primary N) is 1. The number of nitrogens with one attached hydrogen (secondary N) is 1. The van der Waals surface area contributed by atoms with E-state index in [0.717, 1.165) is 16.3 Å². The van der Waals surface area contributed by atoms with E-state index in [1.807, 2.05) is 0 Å². The van der Waals surface area contributed by atoms with Gasteiger partial charge in [0.15, 0.2) is 17.4 Å². The number of imidazole rings is 1. The van der Waals surface area contributed by atoms with Crippen LogP contribution in [0.4, 0.5) is 5.95 Å². The summed E-state index contributed by atoms with van der Waals surface area (Å²) >= 11 is 0.739. The van der Waals surface area contributed by atoms with Gasteiger partial charge < -0.3 is 34.7 Å². The maximum absolute atomic E-state index is 14.0. The standard InChI is InChI=1S/C24H36N7O10PS/c1-11(2)40-21(35)12(3)29-42(37,43-9-13-7-15(32)30(5)20(13)34)39-8-14-17(33)24(4,36)22(41-14)31-10-26-16-18(31)27-23(25)28-19(16)38-6/h10-14,17,22,33,36H,7-9H2,1-6H3,(H,29,37)(H2,25,27,28)/t12-,13?,14-,17-,22-,24-,42+/m1/s1. The summed E-state index contributed by atoms with van der Waals surface area (Å²) in [6.45, 7) is 1.59. The molecule has 0 saturated carbocycles. The zero-order chi connectivity index (χ0) is 31.9. The Balaban J connectivity index is 1.53. The van der Waals surface area contributed by atoms with Gasteiger partial charge in [0.05, 0.1) is 32.1 Å². The lowest BCUT2D eigenvalue weighted by atomic mass is 9.96. The first-order valence-electron chi connectivity index (χ1n) is 13.4. The molecule has 2 aliphatic rings. The predicted octanol–water partition coefficient (Wildman–Crippen LogP) is 0.219. The maximum atomic E-state index is 14.0. The molecule has 1 unspecified atom stereocenters. The van der Waals surface area contributed by atoms with Crippen molar-refractivity contribution in [3.63, 3.8) is 0 Å². The van der Waals surface area contributed by atoms with E-state index in [1.165, 1.54) is 38.9 Å². The molecule has 0 bridgehead atoms. The van der Waals surface area contributed by atoms with Gasteiger partial charge in [-0.25, -0.2) is 10.1 Å². The highest BCUT2D eigenvalue weighted by molar-refractivity contribution is 8.56. The first-order chi connectivity index (χ1) is 20.1. The fourth-order valence-corrected chi connectivity index (χ4v) is 8.67. The number of carbonyl (C=O) groups is 3. The largest absolute Gasteiger partial charge is 0.479 e. The molecule has 0 aromatic carbocycles. The van der Waals surface area contributed by atoms with Crippen molar-refractivity contribution in [2.75, 3.05) is 32.3 Å². The van der Waals surface area contributed by atoms with Crippen LogP contribution in [0, 0.1) is 5.92 Å². The van der Waals surface area contributed by atoms with E-state index in [1.54, 1.807) is 13.8 Å². The van der Waals surface area contributed by atoms with Crippen molar-refractivity contribution in [1.29, 1.82) is 0 Å². The molecule has 2 aromatic rings. The quantitative estimate of drug-likeness (QED) is 0.137. The van der Waals surface area contributed by atoms with E-state index >= 15 is 0 Å². The van der Waals surface area contributed by atoms with Crippen molar-refractivity contribution in [3.05, 3.63) is 6.33 Å². The van der Waals surface area contributed by atoms with Crippen LogP contribution in [-0.4, -0.2) is 109 Å². The fourth-order valence-electron chi connectivity index (χ4n) is 4.66. The molecule has 0 aliphatic carbocycles. The molecule has 0 radical (unpaired) electrons. The number of likely N-dealkylation sites (tertiary alicyclic amines) is 1. The van der Waals surface area contributed by atoms with Crippen molar-refractivity contribution in [1.82, 2.24) is 29.5 Å². The second kappa shape index (κ2) is 12.6. The number of imide groups is 1. The number of nitrogens with zero attached hydrogens (tertiary/aromatic N) is 5. The zero-order valence-corrected chi connectivity index (χ0v) is 26.2. The molecule has 2 aromatic heterocycles. The molecule has 2 amide bonds. The number of aliphatic hydroxyl groups excluding tert-OH is 1. The molecule has 2 aliphatic heterocycles. The number of methoxy groups -OCH3 is 1. The van der Waals surface area contributed by atoms with E-state index < -0.39 is 67.3 Å². The van der Waals surface area contributed by atoms with E-state index in [9.17, 15) is 29.2 Å². The third-order valence-electron chi connectivity index (χ3n) is 6.99. The number of ether oxygens (including phenoxy) is 3. The number of hydrogen-bond donors (Lipinski definition) is 4. The maximum Gasteiger partial charge on any atom is 0.327 e. The second-order valence-corrected chi connectivity index (χ2v) is 15.0. The van der Waals surface area contributed by atoms with Crippen molar-refractivity contribution in [3.8, 4) is 5.88 Å². The topological polar surface area (TPSA) is 231 Å². The van der Waals surface area contributed by atoms with Gasteiger partial charge in [-0.15, -0.1) is 0 Å². The number of hydrogen-bond acceptors (Lipinski definition) is 15. The number of aliphatic hydroxyl groups is 2. The number of fused-ring (bicyclic) bond motifs is 1. The third kappa shape index (κ3) is 6.79. The molecule has 0 spiro atoms. The number of carbonyl (C=O) groups excluding carboxylic acids is 3. The van der Waals surface area contributed by atoms with Crippen LogP contribution in [0.5, 0.6) is 5.88 Å². The highest BCUT2D eigenvalue weighted by atomic mass is 32.7. The average molecular weight is 646 g/mol. The monoisotopic (exact) mass is 645 g/mol. The van der Waals surface area contributed by atoms with Crippen LogP contribution in [0.2, 0.25) is 0 Å². The molecule has 43 heavy (non-hydrogen) atoms. The van der Waals surface area contributed by atoms with Crippen LogP contribution < -0.4 is 15.6 Å². The molecule has 238 valence electrons. The molecule has 4 rings (SSSR count). The minimum atomic E-state index is -4.01. The lowest BCUT2D eigenvalue weighted by Gasteiger charge is -2.27. The SMILES string of the molecule is COc1nc(N)nc2c1ncn2[C@@H]1O[C@H](CO[P@@](=O)(N[C@H](C)C(=O)OC(C)C)SCC2CC(=O)N(C)C2=O)[C@@H](O)[C@@]1(C)O. The van der Waals surface area contributed by atoms with Crippen LogP contribution in [0.15, 0.2) is 6.33 Å². The van der Waals surface area contributed by atoms with Crippen LogP contribution in [-0.2, 0) is 32.9 Å². The summed E-state index contributed by atoms with van der Waals surface area (Å²) in [4.78, 5) is 50.2. The van der Waals surface area contributed by atoms with Gasteiger partial charge in [-0.1, -0.05) is 11.4 Å². The smallest absolute Gasteiger partial charge is 0.327 e. The number of nitrogen functional groups attached to an aromatic ring is 1. The minimum Gasteiger partial charge on any atom is -0.479 e. The van der Waals surface area contributed by atoms with Gasteiger partial charge >= 0.3 is 12.7 Å². The first-order valence-corrected chi connectivity index (χ1v) is 16.6. The summed E-state index contributed by atoms with van der Waals surface area (Å²) in [6, 6.07) is -1.08. The van der Waals surface area contributed by atoms with Gasteiger partial charge in [0.1, 0.15) is 23.9 Å². The van der Waals surface area contributed by atoms with Gasteiger partial charge in [-0.3, -0.25) is 28.4 Å². The van der Waals surface area contributed by atoms with Gasteiger partial charge in [0, 0.05) is 19.2 Å². The van der Waals surface area contributed by atoms with E-state index in [4.69, 9.17) is 24.5 Å². The van der Waals surface area contributed by atoms with Gasteiger partial charge in [-0.2, -0.15) is 9.97 Å². The Morgan fingerprint density at radius 3 is 2.65 bits per heavy atom. The highest BCUT2D eigenvalue weighted by Crippen LogP contribution is 2.58. The minimum absolute atomic E-state index is 0.0520. The highest BCUT2D eigenvalue weighted by Gasteiger charge is 2.54. The molecule has 19 heteroatoms. The summed E-state index contributed by atoms with van der Waals surface area (Å²) in [6.07, 6.45) is -3.16. The number of rotatable bonds is 12. The lowest BCUT2D eigenvalue weighted by Crippen LogP contribution is -2.44. The van der Waals surface area contributed by atoms with Crippen LogP contribution in [0.25, 0.3) is 11.2 Å². The van der Waals surface area contributed by atoms with Crippen molar-refractivity contribution in [2.24, 2.45) is 5.92 Å². The normalized spacial score (nSPS) is 28.1. The summed E-state index contributed by atoms with van der Waals surface area (Å²) in [5.41, 5.74) is 4.30. The number of aromatic nitrogens is 4.